The second kappa shape index (κ2) is 4.74. The summed E-state index contributed by atoms with van der Waals surface area (Å²) in [7, 11) is 0. The number of ketones is 1. The number of hydrogen-bond donors (Lipinski definition) is 1. The number of fused-ring (bicyclic) bond motifs is 1. The molecule has 0 amide bonds. The maximum absolute atomic E-state index is 13.0. The number of Topliss-reactive ketones (excluding diaryl/α,β-unsaturated/α-hetero) is 1. The van der Waals surface area contributed by atoms with Crippen LogP contribution in [0.3, 0.4) is 0 Å². The summed E-state index contributed by atoms with van der Waals surface area (Å²) >= 11 is 0. The molecular formula is C16H10FNO2. The molecule has 0 fully saturated rings. The second-order valence-electron chi connectivity index (χ2n) is 4.38. The molecule has 0 saturated carbocycles. The molecule has 1 N–H and O–H groups in total. The molecule has 0 heterocycles. The standard InChI is InChI=1S/C16H10FNO2/c17-10-4-3-5-11(8-10)18-9-14-15(19)12-6-1-2-7-13(12)16(14)20/h1-9,19H. The molecule has 3 nitrogen and oxygen atoms in total. The fraction of sp³-hybridized carbons (Fsp3) is 0. The van der Waals surface area contributed by atoms with Crippen LogP contribution in [0.15, 0.2) is 59.1 Å². The van der Waals surface area contributed by atoms with Gasteiger partial charge < -0.3 is 5.11 Å². The van der Waals surface area contributed by atoms with Crippen molar-refractivity contribution in [2.45, 2.75) is 0 Å². The molecule has 0 saturated heterocycles. The SMILES string of the molecule is O=C1C(C=Nc2cccc(F)c2)=C(O)c2ccccc21. The first kappa shape index (κ1) is 12.3. The van der Waals surface area contributed by atoms with E-state index in [0.29, 0.717) is 16.8 Å². The Balaban J connectivity index is 1.97. The van der Waals surface area contributed by atoms with E-state index in [9.17, 15) is 14.3 Å². The Bertz CT molecular complexity index is 763. The lowest BCUT2D eigenvalue weighted by Gasteiger charge is -1.95. The lowest BCUT2D eigenvalue weighted by molar-refractivity contribution is 0.104. The van der Waals surface area contributed by atoms with Crippen molar-refractivity contribution in [3.63, 3.8) is 0 Å². The lowest BCUT2D eigenvalue weighted by Crippen LogP contribution is -1.99. The average Bonchev–Trinajstić information content (AvgIpc) is 2.70. The molecule has 4 heteroatoms. The van der Waals surface area contributed by atoms with Crippen LogP contribution in [0, 0.1) is 5.82 Å². The van der Waals surface area contributed by atoms with Gasteiger partial charge in [-0.2, -0.15) is 0 Å². The Morgan fingerprint density at radius 3 is 2.50 bits per heavy atom. The maximum atomic E-state index is 13.0. The van der Waals surface area contributed by atoms with Gasteiger partial charge in [0.1, 0.15) is 11.6 Å². The molecule has 0 aromatic heterocycles. The number of allylic oxidation sites excluding steroid dienone is 1. The highest BCUT2D eigenvalue weighted by molar-refractivity contribution is 6.30. The molecule has 2 aromatic carbocycles. The number of halogens is 1. The van der Waals surface area contributed by atoms with Gasteiger partial charge in [-0.05, 0) is 18.2 Å². The summed E-state index contributed by atoms with van der Waals surface area (Å²) in [4.78, 5) is 16.1. The zero-order chi connectivity index (χ0) is 14.1. The van der Waals surface area contributed by atoms with Crippen molar-refractivity contribution < 1.29 is 14.3 Å². The van der Waals surface area contributed by atoms with Crippen molar-refractivity contribution in [3.05, 3.63) is 71.0 Å². The predicted octanol–water partition coefficient (Wildman–Crippen LogP) is 3.69. The third-order valence-electron chi connectivity index (χ3n) is 3.08. The van der Waals surface area contributed by atoms with E-state index in [1.807, 2.05) is 0 Å². The van der Waals surface area contributed by atoms with E-state index in [1.165, 1.54) is 24.4 Å². The van der Waals surface area contributed by atoms with Gasteiger partial charge in [0.15, 0.2) is 5.78 Å². The molecule has 0 radical (unpaired) electrons. The van der Waals surface area contributed by atoms with Crippen LogP contribution >= 0.6 is 0 Å². The summed E-state index contributed by atoms with van der Waals surface area (Å²) in [6, 6.07) is 12.5. The number of aliphatic imine (C=N–C) groups is 1. The fourth-order valence-electron chi connectivity index (χ4n) is 2.10. The Kier molecular flexibility index (Phi) is 2.91. The average molecular weight is 267 g/mol. The number of benzene rings is 2. The highest BCUT2D eigenvalue weighted by Crippen LogP contribution is 2.30. The van der Waals surface area contributed by atoms with Gasteiger partial charge in [-0.15, -0.1) is 0 Å². The van der Waals surface area contributed by atoms with Gasteiger partial charge >= 0.3 is 0 Å². The van der Waals surface area contributed by atoms with Crippen LogP contribution in [0.1, 0.15) is 15.9 Å². The highest BCUT2D eigenvalue weighted by atomic mass is 19.1. The normalized spacial score (nSPS) is 14.2. The van der Waals surface area contributed by atoms with Gasteiger partial charge in [0.05, 0.1) is 11.3 Å². The molecule has 0 spiro atoms. The molecule has 98 valence electrons. The molecule has 0 aliphatic heterocycles. The van der Waals surface area contributed by atoms with E-state index >= 15 is 0 Å². The van der Waals surface area contributed by atoms with Crippen LogP contribution in [-0.2, 0) is 0 Å². The molecule has 1 aliphatic carbocycles. The Morgan fingerprint density at radius 2 is 1.80 bits per heavy atom. The lowest BCUT2D eigenvalue weighted by atomic mass is 10.1. The molecule has 0 atom stereocenters. The van der Waals surface area contributed by atoms with E-state index in [0.717, 1.165) is 0 Å². The van der Waals surface area contributed by atoms with E-state index in [1.54, 1.807) is 30.3 Å². The number of carbonyl (C=O) groups is 1. The van der Waals surface area contributed by atoms with Crippen molar-refractivity contribution in [1.29, 1.82) is 0 Å². The Hall–Kier alpha value is -2.75. The summed E-state index contributed by atoms with van der Waals surface area (Å²) in [6.45, 7) is 0. The van der Waals surface area contributed by atoms with E-state index in [-0.39, 0.29) is 17.1 Å². The minimum Gasteiger partial charge on any atom is -0.506 e. The second-order valence-corrected chi connectivity index (χ2v) is 4.38. The first-order chi connectivity index (χ1) is 9.66. The minimum absolute atomic E-state index is 0.0919. The molecule has 20 heavy (non-hydrogen) atoms. The third kappa shape index (κ3) is 2.01. The highest BCUT2D eigenvalue weighted by Gasteiger charge is 2.27. The van der Waals surface area contributed by atoms with Crippen LogP contribution in [0.4, 0.5) is 10.1 Å². The zero-order valence-corrected chi connectivity index (χ0v) is 10.4. The largest absolute Gasteiger partial charge is 0.506 e. The smallest absolute Gasteiger partial charge is 0.199 e. The fourth-order valence-corrected chi connectivity index (χ4v) is 2.10. The van der Waals surface area contributed by atoms with Gasteiger partial charge in [0, 0.05) is 17.3 Å². The molecule has 1 aliphatic rings. The monoisotopic (exact) mass is 267 g/mol. The topological polar surface area (TPSA) is 49.7 Å². The first-order valence-corrected chi connectivity index (χ1v) is 6.04. The summed E-state index contributed by atoms with van der Waals surface area (Å²) < 4.78 is 13.0. The summed E-state index contributed by atoms with van der Waals surface area (Å²) in [6.07, 6.45) is 1.27. The van der Waals surface area contributed by atoms with Crippen LogP contribution in [0.5, 0.6) is 0 Å². The number of aliphatic hydroxyl groups is 1. The van der Waals surface area contributed by atoms with E-state index in [2.05, 4.69) is 4.99 Å². The summed E-state index contributed by atoms with van der Waals surface area (Å²) in [5.74, 6) is -0.775. The van der Waals surface area contributed by atoms with Crippen LogP contribution in [0.25, 0.3) is 5.76 Å². The Morgan fingerprint density at radius 1 is 1.05 bits per heavy atom. The van der Waals surface area contributed by atoms with E-state index < -0.39 is 5.82 Å². The first-order valence-electron chi connectivity index (χ1n) is 6.04. The summed E-state index contributed by atoms with van der Waals surface area (Å²) in [5.41, 5.74) is 1.45. The van der Waals surface area contributed by atoms with Crippen molar-refractivity contribution in [1.82, 2.24) is 0 Å². The molecule has 3 rings (SSSR count). The van der Waals surface area contributed by atoms with Gasteiger partial charge in [0.2, 0.25) is 0 Å². The number of rotatable bonds is 2. The van der Waals surface area contributed by atoms with Crippen molar-refractivity contribution in [2.75, 3.05) is 0 Å². The number of aliphatic hydroxyl groups excluding tert-OH is 1. The molecular weight excluding hydrogens is 257 g/mol. The van der Waals surface area contributed by atoms with Crippen LogP contribution < -0.4 is 0 Å². The quantitative estimate of drug-likeness (QED) is 0.843. The molecule has 0 unspecified atom stereocenters. The number of carbonyl (C=O) groups excluding carboxylic acids is 1. The summed E-state index contributed by atoms with van der Waals surface area (Å²) in [5, 5.41) is 10.0. The van der Waals surface area contributed by atoms with Gasteiger partial charge in [-0.1, -0.05) is 30.3 Å². The van der Waals surface area contributed by atoms with Gasteiger partial charge in [-0.3, -0.25) is 9.79 Å². The van der Waals surface area contributed by atoms with Crippen molar-refractivity contribution in [2.24, 2.45) is 4.99 Å². The third-order valence-corrected chi connectivity index (χ3v) is 3.08. The van der Waals surface area contributed by atoms with E-state index in [4.69, 9.17) is 0 Å². The minimum atomic E-state index is -0.404. The van der Waals surface area contributed by atoms with Gasteiger partial charge in [-0.25, -0.2) is 4.39 Å². The molecule has 2 aromatic rings. The van der Waals surface area contributed by atoms with Crippen molar-refractivity contribution >= 4 is 23.4 Å². The number of hydrogen-bond acceptors (Lipinski definition) is 3. The van der Waals surface area contributed by atoms with Crippen LogP contribution in [-0.4, -0.2) is 17.1 Å². The maximum Gasteiger partial charge on any atom is 0.199 e. The van der Waals surface area contributed by atoms with Gasteiger partial charge in [0.25, 0.3) is 0 Å². The number of nitrogens with zero attached hydrogens (tertiary/aromatic N) is 1. The van der Waals surface area contributed by atoms with Crippen molar-refractivity contribution in [3.8, 4) is 0 Å². The predicted molar refractivity (Wildman–Crippen MR) is 74.9 cm³/mol. The Labute approximate surface area is 114 Å². The zero-order valence-electron chi connectivity index (χ0n) is 10.4. The van der Waals surface area contributed by atoms with Crippen LogP contribution in [0.2, 0.25) is 0 Å². The molecule has 0 bridgehead atoms.